The summed E-state index contributed by atoms with van der Waals surface area (Å²) >= 11 is 0. The van der Waals surface area contributed by atoms with Gasteiger partial charge in [-0.25, -0.2) is 9.37 Å². The minimum atomic E-state index is -4.89. The average molecular weight is 509 g/mol. The molecule has 1 aromatic carbocycles. The second-order valence-corrected chi connectivity index (χ2v) is 8.00. The molecule has 2 heterocycles. The standard InChI is InChI=1S/C22H19F4N5O5/c23-16-7-3-12(9-15(16)22(24,25)26)29-21-31-30-19(36-21)18(32)28-13-4-8-17(27-10-13)35-14-5-1-11(2-6-14)20(33)34/h3-4,7-11,14H,1-2,5-6H2,(H,28,32)(H,29,31)(H,33,34)/t11-,14-. The quantitative estimate of drug-likeness (QED) is 0.389. The molecular formula is C22H19F4N5O5. The second-order valence-electron chi connectivity index (χ2n) is 8.00. The van der Waals surface area contributed by atoms with E-state index in [1.807, 2.05) is 0 Å². The highest BCUT2D eigenvalue weighted by molar-refractivity contribution is 6.00. The summed E-state index contributed by atoms with van der Waals surface area (Å²) in [6.07, 6.45) is -1.45. The van der Waals surface area contributed by atoms with Crippen molar-refractivity contribution in [2.75, 3.05) is 10.6 Å². The zero-order valence-corrected chi connectivity index (χ0v) is 18.4. The van der Waals surface area contributed by atoms with Crippen molar-refractivity contribution in [3.63, 3.8) is 0 Å². The number of carboxylic acids is 1. The SMILES string of the molecule is O=C(Nc1ccc(O[C@H]2CC[C@H](C(=O)O)CC2)nc1)c1nnc(Nc2ccc(F)c(C(F)(F)F)c2)o1. The Kier molecular flexibility index (Phi) is 7.03. The van der Waals surface area contributed by atoms with Crippen LogP contribution < -0.4 is 15.4 Å². The smallest absolute Gasteiger partial charge is 0.419 e. The van der Waals surface area contributed by atoms with Crippen LogP contribution in [0.25, 0.3) is 0 Å². The number of carboxylic acid groups (broad SMARTS) is 1. The maximum Gasteiger partial charge on any atom is 0.419 e. The topological polar surface area (TPSA) is 139 Å². The first-order chi connectivity index (χ1) is 17.1. The van der Waals surface area contributed by atoms with Gasteiger partial charge < -0.3 is 24.9 Å². The number of amides is 1. The molecule has 0 spiro atoms. The van der Waals surface area contributed by atoms with Crippen LogP contribution in [0, 0.1) is 11.7 Å². The Morgan fingerprint density at radius 3 is 2.42 bits per heavy atom. The molecule has 36 heavy (non-hydrogen) atoms. The first-order valence-electron chi connectivity index (χ1n) is 10.7. The van der Waals surface area contributed by atoms with E-state index in [0.29, 0.717) is 43.7 Å². The molecule has 1 aliphatic carbocycles. The number of hydrogen-bond acceptors (Lipinski definition) is 8. The lowest BCUT2D eigenvalue weighted by Gasteiger charge is -2.26. The second kappa shape index (κ2) is 10.2. The van der Waals surface area contributed by atoms with E-state index < -0.39 is 35.3 Å². The molecule has 2 aromatic heterocycles. The molecule has 3 aromatic rings. The van der Waals surface area contributed by atoms with Crippen molar-refractivity contribution >= 4 is 29.3 Å². The largest absolute Gasteiger partial charge is 0.481 e. The molecular weight excluding hydrogens is 490 g/mol. The molecule has 190 valence electrons. The lowest BCUT2D eigenvalue weighted by Crippen LogP contribution is -2.28. The number of anilines is 3. The third-order valence-corrected chi connectivity index (χ3v) is 5.45. The molecule has 1 saturated carbocycles. The number of benzene rings is 1. The minimum Gasteiger partial charge on any atom is -0.481 e. The van der Waals surface area contributed by atoms with Crippen LogP contribution in [0.15, 0.2) is 40.9 Å². The predicted molar refractivity (Wildman–Crippen MR) is 115 cm³/mol. The van der Waals surface area contributed by atoms with Crippen LogP contribution >= 0.6 is 0 Å². The van der Waals surface area contributed by atoms with Crippen molar-refractivity contribution in [3.8, 4) is 5.88 Å². The van der Waals surface area contributed by atoms with E-state index in [0.717, 1.165) is 6.07 Å². The predicted octanol–water partition coefficient (Wildman–Crippen LogP) is 4.64. The summed E-state index contributed by atoms with van der Waals surface area (Å²) in [4.78, 5) is 27.5. The normalized spacial score (nSPS) is 17.9. The fourth-order valence-electron chi connectivity index (χ4n) is 3.62. The van der Waals surface area contributed by atoms with Gasteiger partial charge in [0.15, 0.2) is 0 Å². The number of aromatic nitrogens is 3. The first kappa shape index (κ1) is 24.9. The lowest BCUT2D eigenvalue weighted by molar-refractivity contribution is -0.143. The summed E-state index contributed by atoms with van der Waals surface area (Å²) in [5.74, 6) is -3.56. The lowest BCUT2D eigenvalue weighted by atomic mass is 9.87. The molecule has 1 amide bonds. The first-order valence-corrected chi connectivity index (χ1v) is 10.7. The van der Waals surface area contributed by atoms with Crippen molar-refractivity contribution in [3.05, 3.63) is 53.8 Å². The molecule has 10 nitrogen and oxygen atoms in total. The summed E-state index contributed by atoms with van der Waals surface area (Å²) in [5.41, 5.74) is -1.36. The number of carbonyl (C=O) groups excluding carboxylic acids is 1. The summed E-state index contributed by atoms with van der Waals surface area (Å²) in [6, 6.07) is 4.90. The number of hydrogen-bond donors (Lipinski definition) is 3. The maximum atomic E-state index is 13.4. The monoisotopic (exact) mass is 509 g/mol. The van der Waals surface area contributed by atoms with Gasteiger partial charge in [0.25, 0.3) is 0 Å². The van der Waals surface area contributed by atoms with Crippen LogP contribution in [0.2, 0.25) is 0 Å². The van der Waals surface area contributed by atoms with E-state index in [4.69, 9.17) is 14.3 Å². The average Bonchev–Trinajstić information content (AvgIpc) is 3.30. The van der Waals surface area contributed by atoms with Crippen LogP contribution in [-0.2, 0) is 11.0 Å². The van der Waals surface area contributed by atoms with E-state index in [1.165, 1.54) is 18.3 Å². The molecule has 0 aliphatic heterocycles. The number of halogens is 4. The molecule has 0 atom stereocenters. The number of carbonyl (C=O) groups is 2. The number of nitrogens with zero attached hydrogens (tertiary/aromatic N) is 3. The van der Waals surface area contributed by atoms with E-state index >= 15 is 0 Å². The van der Waals surface area contributed by atoms with Crippen molar-refractivity contribution < 1.29 is 41.4 Å². The number of rotatable bonds is 7. The number of alkyl halides is 3. The van der Waals surface area contributed by atoms with Crippen LogP contribution in [0.1, 0.15) is 41.9 Å². The van der Waals surface area contributed by atoms with E-state index in [9.17, 15) is 27.2 Å². The Bertz CT molecular complexity index is 1240. The molecule has 14 heteroatoms. The fourth-order valence-corrected chi connectivity index (χ4v) is 3.62. The van der Waals surface area contributed by atoms with Gasteiger partial charge in [-0.2, -0.15) is 13.2 Å². The fraction of sp³-hybridized carbons (Fsp3) is 0.318. The molecule has 1 fully saturated rings. The molecule has 0 saturated heterocycles. The van der Waals surface area contributed by atoms with Crippen molar-refractivity contribution in [1.82, 2.24) is 15.2 Å². The van der Waals surface area contributed by atoms with Gasteiger partial charge in [0, 0.05) is 11.8 Å². The van der Waals surface area contributed by atoms with Gasteiger partial charge in [-0.05, 0) is 49.9 Å². The number of ether oxygens (including phenoxy) is 1. The molecule has 0 radical (unpaired) electrons. The van der Waals surface area contributed by atoms with Crippen LogP contribution in [0.5, 0.6) is 5.88 Å². The number of pyridine rings is 1. The zero-order chi connectivity index (χ0) is 25.9. The highest BCUT2D eigenvalue weighted by Crippen LogP contribution is 2.33. The molecule has 0 bridgehead atoms. The van der Waals surface area contributed by atoms with Crippen LogP contribution in [-0.4, -0.2) is 38.3 Å². The maximum absolute atomic E-state index is 13.4. The van der Waals surface area contributed by atoms with Crippen molar-refractivity contribution in [1.29, 1.82) is 0 Å². The van der Waals surface area contributed by atoms with E-state index in [1.54, 1.807) is 0 Å². The van der Waals surface area contributed by atoms with Gasteiger partial charge in [-0.3, -0.25) is 9.59 Å². The molecule has 4 rings (SSSR count). The van der Waals surface area contributed by atoms with Gasteiger partial charge in [0.2, 0.25) is 5.88 Å². The Morgan fingerprint density at radius 1 is 1.06 bits per heavy atom. The Balaban J connectivity index is 1.32. The van der Waals surface area contributed by atoms with E-state index in [2.05, 4.69) is 25.8 Å². The Hall–Kier alpha value is -4.23. The Labute approximate surface area is 200 Å². The zero-order valence-electron chi connectivity index (χ0n) is 18.4. The number of aliphatic carboxylic acids is 1. The van der Waals surface area contributed by atoms with Crippen LogP contribution in [0.3, 0.4) is 0 Å². The van der Waals surface area contributed by atoms with E-state index in [-0.39, 0.29) is 29.4 Å². The van der Waals surface area contributed by atoms with Gasteiger partial charge >= 0.3 is 30.0 Å². The van der Waals surface area contributed by atoms with Crippen molar-refractivity contribution in [2.45, 2.75) is 38.0 Å². The highest BCUT2D eigenvalue weighted by atomic mass is 19.4. The Morgan fingerprint density at radius 2 is 1.78 bits per heavy atom. The molecule has 1 aliphatic rings. The van der Waals surface area contributed by atoms with Gasteiger partial charge in [-0.1, -0.05) is 5.10 Å². The molecule has 0 unspecified atom stereocenters. The summed E-state index contributed by atoms with van der Waals surface area (Å²) in [5, 5.41) is 21.0. The van der Waals surface area contributed by atoms with Gasteiger partial charge in [-0.15, -0.1) is 5.10 Å². The van der Waals surface area contributed by atoms with Gasteiger partial charge in [0.1, 0.15) is 11.9 Å². The summed E-state index contributed by atoms with van der Waals surface area (Å²) < 4.78 is 62.9. The van der Waals surface area contributed by atoms with Crippen LogP contribution in [0.4, 0.5) is 35.0 Å². The third-order valence-electron chi connectivity index (χ3n) is 5.45. The third kappa shape index (κ3) is 6.06. The molecule has 3 N–H and O–H groups in total. The van der Waals surface area contributed by atoms with Gasteiger partial charge in [0.05, 0.1) is 23.4 Å². The summed E-state index contributed by atoms with van der Waals surface area (Å²) in [6.45, 7) is 0. The summed E-state index contributed by atoms with van der Waals surface area (Å²) in [7, 11) is 0. The highest BCUT2D eigenvalue weighted by Gasteiger charge is 2.34. The number of nitrogens with one attached hydrogen (secondary N) is 2. The van der Waals surface area contributed by atoms with Crippen molar-refractivity contribution in [2.24, 2.45) is 5.92 Å². The minimum absolute atomic E-state index is 0.147.